The van der Waals surface area contributed by atoms with E-state index in [4.69, 9.17) is 0 Å². The summed E-state index contributed by atoms with van der Waals surface area (Å²) in [4.78, 5) is 0. The number of hydrogen-bond acceptors (Lipinski definition) is 0. The summed E-state index contributed by atoms with van der Waals surface area (Å²) in [5, 5.41) is 0. The second-order valence-electron chi connectivity index (χ2n) is 12.7. The molecule has 6 aromatic carbocycles. The molecule has 0 radical (unpaired) electrons. The molecule has 0 aliphatic carbocycles. The van der Waals surface area contributed by atoms with Gasteiger partial charge in [-0.05, 0) is 75.7 Å². The van der Waals surface area contributed by atoms with Gasteiger partial charge in [0.05, 0.1) is 0 Å². The van der Waals surface area contributed by atoms with Crippen LogP contribution in [0.4, 0.5) is 0 Å². The Labute approximate surface area is 278 Å². The van der Waals surface area contributed by atoms with Crippen LogP contribution in [0.1, 0.15) is 37.5 Å². The molecule has 0 atom stereocenters. The van der Waals surface area contributed by atoms with Crippen molar-refractivity contribution in [3.8, 4) is 11.1 Å². The van der Waals surface area contributed by atoms with E-state index in [2.05, 4.69) is 215 Å². The van der Waals surface area contributed by atoms with Gasteiger partial charge in [-0.15, -0.1) is 0 Å². The van der Waals surface area contributed by atoms with Gasteiger partial charge in [0.25, 0.3) is 0 Å². The van der Waals surface area contributed by atoms with Gasteiger partial charge in [0.2, 0.25) is 0 Å². The molecular weight excluding hydrogens is 642 g/mol. The van der Waals surface area contributed by atoms with Crippen molar-refractivity contribution in [2.75, 3.05) is 0 Å². The first-order valence-corrected chi connectivity index (χ1v) is 16.5. The van der Waals surface area contributed by atoms with Crippen LogP contribution < -0.4 is 21.9 Å². The van der Waals surface area contributed by atoms with E-state index in [1.54, 1.807) is 0 Å². The third kappa shape index (κ3) is 6.61. The molecule has 2 heteroatoms. The van der Waals surface area contributed by atoms with E-state index in [-0.39, 0.29) is 5.41 Å². The van der Waals surface area contributed by atoms with Gasteiger partial charge in [-0.1, -0.05) is 172 Å². The average molecular weight is 684 g/mol. The number of halogens is 1. The van der Waals surface area contributed by atoms with Crippen LogP contribution in [0, 0.1) is 17.4 Å². The molecule has 0 aliphatic rings. The number of rotatable bonds is 5. The Bertz CT molecular complexity index is 1610. The maximum atomic E-state index is 2.43. The van der Waals surface area contributed by atoms with E-state index < -0.39 is 6.15 Å². The first-order valence-electron chi connectivity index (χ1n) is 15.5. The largest absolute Gasteiger partial charge is 0.195 e. The SMILES string of the molecule is Cc1ccc(I)c(-c2ccc(C(C)(C)C)cc2)c1C.c1ccc([B-](c2ccccc2)(c2ccccc2)c2ccccc2)cc1. The summed E-state index contributed by atoms with van der Waals surface area (Å²) in [6.07, 6.45) is -1.22. The topological polar surface area (TPSA) is 0 Å². The van der Waals surface area contributed by atoms with Gasteiger partial charge in [0.1, 0.15) is 6.15 Å². The van der Waals surface area contributed by atoms with Crippen LogP contribution in [0.25, 0.3) is 11.1 Å². The van der Waals surface area contributed by atoms with Gasteiger partial charge >= 0.3 is 0 Å². The van der Waals surface area contributed by atoms with Crippen molar-refractivity contribution in [2.45, 2.75) is 40.0 Å². The number of aryl methyl sites for hydroxylation is 1. The second kappa shape index (κ2) is 13.8. The van der Waals surface area contributed by atoms with E-state index in [1.165, 1.54) is 53.2 Å². The van der Waals surface area contributed by atoms with Crippen LogP contribution in [0.5, 0.6) is 0 Å². The highest BCUT2D eigenvalue weighted by molar-refractivity contribution is 14.1. The highest BCUT2D eigenvalue weighted by Gasteiger charge is 2.31. The van der Waals surface area contributed by atoms with E-state index in [9.17, 15) is 0 Å². The fraction of sp³-hybridized carbons (Fsp3) is 0.143. The van der Waals surface area contributed by atoms with Gasteiger partial charge in [-0.25, -0.2) is 0 Å². The number of benzene rings is 6. The summed E-state index contributed by atoms with van der Waals surface area (Å²) in [6.45, 7) is 11.2. The Hall–Kier alpha value is -3.89. The van der Waals surface area contributed by atoms with E-state index in [0.29, 0.717) is 0 Å². The van der Waals surface area contributed by atoms with Crippen molar-refractivity contribution < 1.29 is 0 Å². The molecule has 6 aromatic rings. The van der Waals surface area contributed by atoms with Crippen LogP contribution in [0.15, 0.2) is 158 Å². The summed E-state index contributed by atoms with van der Waals surface area (Å²) in [5.41, 5.74) is 12.4. The lowest BCUT2D eigenvalue weighted by Crippen LogP contribution is -2.74. The third-order valence-electron chi connectivity index (χ3n) is 8.92. The van der Waals surface area contributed by atoms with Crippen LogP contribution in [-0.4, -0.2) is 6.15 Å². The zero-order valence-corrected chi connectivity index (χ0v) is 28.6. The molecule has 0 bridgehead atoms. The molecule has 0 N–H and O–H groups in total. The Morgan fingerprint density at radius 3 is 1.16 bits per heavy atom. The maximum absolute atomic E-state index is 2.43. The quantitative estimate of drug-likeness (QED) is 0.126. The molecule has 0 amide bonds. The highest BCUT2D eigenvalue weighted by atomic mass is 127. The zero-order chi connectivity index (χ0) is 31.2. The van der Waals surface area contributed by atoms with Gasteiger partial charge in [-0.2, -0.15) is 21.9 Å². The van der Waals surface area contributed by atoms with Crippen molar-refractivity contribution >= 4 is 50.6 Å². The van der Waals surface area contributed by atoms with Crippen LogP contribution in [-0.2, 0) is 5.41 Å². The molecule has 0 aliphatic heterocycles. The van der Waals surface area contributed by atoms with E-state index in [0.717, 1.165) is 0 Å². The summed E-state index contributed by atoms with van der Waals surface area (Å²) in [5.74, 6) is 0. The molecule has 44 heavy (non-hydrogen) atoms. The Morgan fingerprint density at radius 2 is 0.818 bits per heavy atom. The predicted molar refractivity (Wildman–Crippen MR) is 203 cm³/mol. The third-order valence-corrected chi connectivity index (χ3v) is 9.82. The fourth-order valence-electron chi connectivity index (χ4n) is 6.40. The molecule has 6 rings (SSSR count). The molecule has 0 saturated carbocycles. The normalized spacial score (nSPS) is 11.4. The zero-order valence-electron chi connectivity index (χ0n) is 26.5. The summed E-state index contributed by atoms with van der Waals surface area (Å²) in [6, 6.07) is 57.0. The van der Waals surface area contributed by atoms with Crippen molar-refractivity contribution in [1.29, 1.82) is 0 Å². The minimum atomic E-state index is -1.22. The van der Waals surface area contributed by atoms with Crippen molar-refractivity contribution in [3.05, 3.63) is 178 Å². The smallest absolute Gasteiger partial charge is 0.108 e. The fourth-order valence-corrected chi connectivity index (χ4v) is 7.29. The Balaban J connectivity index is 0.000000182. The number of hydrogen-bond donors (Lipinski definition) is 0. The predicted octanol–water partition coefficient (Wildman–Crippen LogP) is 8.94. The van der Waals surface area contributed by atoms with Crippen molar-refractivity contribution in [1.82, 2.24) is 0 Å². The van der Waals surface area contributed by atoms with Gasteiger partial charge in [-0.3, -0.25) is 0 Å². The highest BCUT2D eigenvalue weighted by Crippen LogP contribution is 2.32. The first-order chi connectivity index (χ1) is 21.2. The lowest BCUT2D eigenvalue weighted by atomic mass is 9.13. The Kier molecular flexibility index (Phi) is 9.91. The lowest BCUT2D eigenvalue weighted by Gasteiger charge is -2.44. The van der Waals surface area contributed by atoms with Crippen molar-refractivity contribution in [3.63, 3.8) is 0 Å². The Morgan fingerprint density at radius 1 is 0.455 bits per heavy atom. The lowest BCUT2D eigenvalue weighted by molar-refractivity contribution is 0.590. The molecule has 0 saturated heterocycles. The van der Waals surface area contributed by atoms with Gasteiger partial charge in [0.15, 0.2) is 0 Å². The molecule has 0 heterocycles. The van der Waals surface area contributed by atoms with Crippen LogP contribution in [0.2, 0.25) is 0 Å². The molecule has 220 valence electrons. The molecule has 0 spiro atoms. The van der Waals surface area contributed by atoms with E-state index >= 15 is 0 Å². The second-order valence-corrected chi connectivity index (χ2v) is 13.9. The minimum Gasteiger partial charge on any atom is -0.195 e. The van der Waals surface area contributed by atoms with E-state index in [1.807, 2.05) is 0 Å². The molecule has 0 aromatic heterocycles. The molecular formula is C42H41BI-. The van der Waals surface area contributed by atoms with Crippen LogP contribution in [0.3, 0.4) is 0 Å². The summed E-state index contributed by atoms with van der Waals surface area (Å²) in [7, 11) is 0. The van der Waals surface area contributed by atoms with Gasteiger partial charge < -0.3 is 0 Å². The van der Waals surface area contributed by atoms with Crippen LogP contribution >= 0.6 is 22.6 Å². The maximum Gasteiger partial charge on any atom is 0.108 e. The standard InChI is InChI=1S/C24H20B.C18H21I/c1-5-13-21(14-6-1)25(22-15-7-2-8-16-22,23-17-9-3-10-18-23)24-19-11-4-12-20-24;1-12-6-11-16(19)17(13(12)2)14-7-9-15(10-8-14)18(3,4)5/h1-20H;6-11H,1-5H3/q-1;. The van der Waals surface area contributed by atoms with Gasteiger partial charge in [0, 0.05) is 3.57 Å². The summed E-state index contributed by atoms with van der Waals surface area (Å²) >= 11 is 2.43. The summed E-state index contributed by atoms with van der Waals surface area (Å²) < 4.78 is 1.32. The monoisotopic (exact) mass is 683 g/mol. The molecule has 0 unspecified atom stereocenters. The minimum absolute atomic E-state index is 0.216. The molecule has 0 fully saturated rings. The average Bonchev–Trinajstić information content (AvgIpc) is 3.06. The first kappa shape index (κ1) is 31.5. The van der Waals surface area contributed by atoms with Crippen molar-refractivity contribution in [2.24, 2.45) is 0 Å². The molecule has 0 nitrogen and oxygen atoms in total.